The molecule has 19 heavy (non-hydrogen) atoms. The first kappa shape index (κ1) is 12.1. The summed E-state index contributed by atoms with van der Waals surface area (Å²) in [7, 11) is 0. The first-order valence-corrected chi connectivity index (χ1v) is 6.33. The van der Waals surface area contributed by atoms with E-state index >= 15 is 0 Å². The molecule has 1 aliphatic heterocycles. The molecule has 0 amide bonds. The van der Waals surface area contributed by atoms with Crippen molar-refractivity contribution < 1.29 is 4.39 Å². The largest absolute Gasteiger partial charge is 0.338 e. The number of nitrogens with zero attached hydrogens (tertiary/aromatic N) is 3. The summed E-state index contributed by atoms with van der Waals surface area (Å²) in [6.45, 7) is 3.51. The molecule has 5 nitrogen and oxygen atoms in total. The zero-order valence-corrected chi connectivity index (χ0v) is 10.7. The predicted octanol–water partition coefficient (Wildman–Crippen LogP) is 1.46. The number of rotatable bonds is 2. The number of H-pyrrole nitrogens is 1. The molecule has 0 aliphatic carbocycles. The van der Waals surface area contributed by atoms with Gasteiger partial charge in [0.15, 0.2) is 5.82 Å². The molecule has 0 bridgehead atoms. The van der Waals surface area contributed by atoms with Gasteiger partial charge in [-0.2, -0.15) is 4.98 Å². The van der Waals surface area contributed by atoms with Gasteiger partial charge in [0.2, 0.25) is 5.95 Å². The minimum absolute atomic E-state index is 0.189. The van der Waals surface area contributed by atoms with E-state index in [0.29, 0.717) is 11.8 Å². The number of aryl methyl sites for hydroxylation is 1. The minimum atomic E-state index is -0.244. The third-order valence-electron chi connectivity index (χ3n) is 3.42. The van der Waals surface area contributed by atoms with Gasteiger partial charge in [0.1, 0.15) is 5.82 Å². The van der Waals surface area contributed by atoms with E-state index in [0.717, 1.165) is 30.6 Å². The lowest BCUT2D eigenvalue weighted by molar-refractivity contribution is 0.627. The average molecular weight is 261 g/mol. The van der Waals surface area contributed by atoms with Gasteiger partial charge >= 0.3 is 0 Å². The van der Waals surface area contributed by atoms with Crippen molar-refractivity contribution in [3.05, 3.63) is 29.6 Å². The van der Waals surface area contributed by atoms with Gasteiger partial charge in [-0.15, -0.1) is 5.10 Å². The van der Waals surface area contributed by atoms with Crippen molar-refractivity contribution >= 4 is 5.95 Å². The van der Waals surface area contributed by atoms with E-state index in [2.05, 4.69) is 20.1 Å². The summed E-state index contributed by atoms with van der Waals surface area (Å²) in [6.07, 6.45) is 0.958. The SMILES string of the molecule is Cc1cc(F)ccc1-c1nc(N2CCC(N)C2)n[nH]1. The number of hydrogen-bond donors (Lipinski definition) is 2. The molecule has 1 unspecified atom stereocenters. The van der Waals surface area contributed by atoms with Crippen LogP contribution < -0.4 is 10.6 Å². The molecule has 0 radical (unpaired) electrons. The van der Waals surface area contributed by atoms with Crippen molar-refractivity contribution in [2.24, 2.45) is 5.73 Å². The van der Waals surface area contributed by atoms with Gasteiger partial charge in [-0.05, 0) is 37.1 Å². The Morgan fingerprint density at radius 2 is 2.32 bits per heavy atom. The van der Waals surface area contributed by atoms with E-state index in [1.165, 1.54) is 12.1 Å². The maximum Gasteiger partial charge on any atom is 0.245 e. The average Bonchev–Trinajstić information content (AvgIpc) is 2.97. The Morgan fingerprint density at radius 3 is 3.00 bits per heavy atom. The number of hydrogen-bond acceptors (Lipinski definition) is 4. The number of aromatic nitrogens is 3. The summed E-state index contributed by atoms with van der Waals surface area (Å²) in [4.78, 5) is 6.53. The smallest absolute Gasteiger partial charge is 0.245 e. The Kier molecular flexibility index (Phi) is 2.94. The molecule has 1 aliphatic rings. The summed E-state index contributed by atoms with van der Waals surface area (Å²) in [5, 5.41) is 7.12. The molecule has 2 heterocycles. The quantitative estimate of drug-likeness (QED) is 0.858. The van der Waals surface area contributed by atoms with Gasteiger partial charge in [0, 0.05) is 24.7 Å². The summed E-state index contributed by atoms with van der Waals surface area (Å²) in [6, 6.07) is 4.82. The van der Waals surface area contributed by atoms with Gasteiger partial charge in [-0.3, -0.25) is 5.10 Å². The molecule has 1 aromatic carbocycles. The third-order valence-corrected chi connectivity index (χ3v) is 3.42. The van der Waals surface area contributed by atoms with Crippen LogP contribution in [0, 0.1) is 12.7 Å². The highest BCUT2D eigenvalue weighted by Crippen LogP contribution is 2.23. The Morgan fingerprint density at radius 1 is 1.47 bits per heavy atom. The highest BCUT2D eigenvalue weighted by atomic mass is 19.1. The molecule has 3 rings (SSSR count). The van der Waals surface area contributed by atoms with E-state index in [4.69, 9.17) is 5.73 Å². The van der Waals surface area contributed by atoms with Crippen LogP contribution >= 0.6 is 0 Å². The monoisotopic (exact) mass is 261 g/mol. The maximum atomic E-state index is 13.1. The van der Waals surface area contributed by atoms with Crippen LogP contribution in [0.3, 0.4) is 0 Å². The Labute approximate surface area is 110 Å². The summed E-state index contributed by atoms with van der Waals surface area (Å²) >= 11 is 0. The molecule has 3 N–H and O–H groups in total. The van der Waals surface area contributed by atoms with Crippen LogP contribution in [-0.2, 0) is 0 Å². The zero-order chi connectivity index (χ0) is 13.4. The standard InChI is InChI=1S/C13H16FN5/c1-8-6-9(14)2-3-11(8)12-16-13(18-17-12)19-5-4-10(15)7-19/h2-3,6,10H,4-5,7,15H2,1H3,(H,16,17,18). The van der Waals surface area contributed by atoms with Crippen LogP contribution in [0.1, 0.15) is 12.0 Å². The fourth-order valence-corrected chi connectivity index (χ4v) is 2.38. The van der Waals surface area contributed by atoms with Crippen LogP contribution in [0.15, 0.2) is 18.2 Å². The van der Waals surface area contributed by atoms with E-state index in [9.17, 15) is 4.39 Å². The van der Waals surface area contributed by atoms with E-state index in [-0.39, 0.29) is 11.9 Å². The lowest BCUT2D eigenvalue weighted by Crippen LogP contribution is -2.26. The number of nitrogens with two attached hydrogens (primary N) is 1. The van der Waals surface area contributed by atoms with Gasteiger partial charge < -0.3 is 10.6 Å². The molecule has 0 saturated carbocycles. The van der Waals surface area contributed by atoms with Crippen molar-refractivity contribution in [2.75, 3.05) is 18.0 Å². The second kappa shape index (κ2) is 4.62. The Bertz CT molecular complexity index is 594. The molecule has 6 heteroatoms. The highest BCUT2D eigenvalue weighted by Gasteiger charge is 2.22. The van der Waals surface area contributed by atoms with Crippen LogP contribution in [0.25, 0.3) is 11.4 Å². The maximum absolute atomic E-state index is 13.1. The second-order valence-corrected chi connectivity index (χ2v) is 4.94. The molecular weight excluding hydrogens is 245 g/mol. The molecule has 1 aromatic heterocycles. The van der Waals surface area contributed by atoms with Crippen molar-refractivity contribution in [1.82, 2.24) is 15.2 Å². The van der Waals surface area contributed by atoms with Gasteiger partial charge in [-0.1, -0.05) is 0 Å². The van der Waals surface area contributed by atoms with Crippen LogP contribution in [0.2, 0.25) is 0 Å². The van der Waals surface area contributed by atoms with Crippen LogP contribution in [0.4, 0.5) is 10.3 Å². The van der Waals surface area contributed by atoms with Crippen molar-refractivity contribution in [3.8, 4) is 11.4 Å². The predicted molar refractivity (Wildman–Crippen MR) is 71.3 cm³/mol. The number of aromatic amines is 1. The molecular formula is C13H16FN5. The highest BCUT2D eigenvalue weighted by molar-refractivity contribution is 5.60. The van der Waals surface area contributed by atoms with E-state index in [1.54, 1.807) is 6.07 Å². The Balaban J connectivity index is 1.88. The summed E-state index contributed by atoms with van der Waals surface area (Å²) < 4.78 is 13.1. The molecule has 1 fully saturated rings. The first-order valence-electron chi connectivity index (χ1n) is 6.33. The number of nitrogens with one attached hydrogen (secondary N) is 1. The third kappa shape index (κ3) is 2.31. The summed E-state index contributed by atoms with van der Waals surface area (Å²) in [5.74, 6) is 1.08. The second-order valence-electron chi connectivity index (χ2n) is 4.94. The van der Waals surface area contributed by atoms with E-state index in [1.807, 2.05) is 6.92 Å². The number of benzene rings is 1. The molecule has 100 valence electrons. The Hall–Kier alpha value is -1.95. The fraction of sp³-hybridized carbons (Fsp3) is 0.385. The summed E-state index contributed by atoms with van der Waals surface area (Å²) in [5.41, 5.74) is 7.57. The fourth-order valence-electron chi connectivity index (χ4n) is 2.38. The molecule has 0 spiro atoms. The van der Waals surface area contributed by atoms with E-state index < -0.39 is 0 Å². The minimum Gasteiger partial charge on any atom is -0.338 e. The zero-order valence-electron chi connectivity index (χ0n) is 10.7. The van der Waals surface area contributed by atoms with Crippen molar-refractivity contribution in [1.29, 1.82) is 0 Å². The van der Waals surface area contributed by atoms with Crippen molar-refractivity contribution in [2.45, 2.75) is 19.4 Å². The first-order chi connectivity index (χ1) is 9.13. The number of anilines is 1. The van der Waals surface area contributed by atoms with Gasteiger partial charge in [-0.25, -0.2) is 4.39 Å². The van der Waals surface area contributed by atoms with Crippen LogP contribution in [-0.4, -0.2) is 34.3 Å². The molecule has 1 saturated heterocycles. The van der Waals surface area contributed by atoms with Gasteiger partial charge in [0.05, 0.1) is 0 Å². The molecule has 1 atom stereocenters. The van der Waals surface area contributed by atoms with Crippen molar-refractivity contribution in [3.63, 3.8) is 0 Å². The number of halogens is 1. The van der Waals surface area contributed by atoms with Gasteiger partial charge in [0.25, 0.3) is 0 Å². The topological polar surface area (TPSA) is 70.8 Å². The normalized spacial score (nSPS) is 19.1. The molecule has 2 aromatic rings. The lowest BCUT2D eigenvalue weighted by atomic mass is 10.1. The van der Waals surface area contributed by atoms with Crippen LogP contribution in [0.5, 0.6) is 0 Å². The lowest BCUT2D eigenvalue weighted by Gasteiger charge is -2.11.